The van der Waals surface area contributed by atoms with Crippen molar-refractivity contribution in [2.24, 2.45) is 5.92 Å². The fourth-order valence-corrected chi connectivity index (χ4v) is 5.55. The van der Waals surface area contributed by atoms with Crippen LogP contribution < -0.4 is 5.32 Å². The number of aromatic nitrogens is 1. The number of piperidine rings is 1. The Morgan fingerprint density at radius 2 is 2.15 bits per heavy atom. The molecule has 1 aromatic carbocycles. The minimum Gasteiger partial charge on any atom is -0.461 e. The van der Waals surface area contributed by atoms with Crippen molar-refractivity contribution in [2.75, 3.05) is 13.1 Å². The molecule has 3 aromatic rings. The number of rotatable bonds is 6. The van der Waals surface area contributed by atoms with E-state index in [1.165, 1.54) is 11.3 Å². The summed E-state index contributed by atoms with van der Waals surface area (Å²) < 4.78 is 5.67. The van der Waals surface area contributed by atoms with Crippen LogP contribution in [0.5, 0.6) is 0 Å². The SMILES string of the molecule is C=C(/C=C\C)c1sc(C)nc1C(=O)N1CCC[C@@H](C)[C@H]1CNC(=O)c1cccc2oc(C)cc12. The van der Waals surface area contributed by atoms with Gasteiger partial charge >= 0.3 is 0 Å². The number of nitrogens with zero attached hydrogens (tertiary/aromatic N) is 2. The molecule has 0 aliphatic carbocycles. The Hall–Kier alpha value is -3.19. The maximum atomic E-state index is 13.7. The highest BCUT2D eigenvalue weighted by molar-refractivity contribution is 7.13. The van der Waals surface area contributed by atoms with E-state index < -0.39 is 0 Å². The molecule has 1 saturated heterocycles. The van der Waals surface area contributed by atoms with Crippen LogP contribution in [0.15, 0.2) is 47.4 Å². The molecule has 0 bridgehead atoms. The van der Waals surface area contributed by atoms with Gasteiger partial charge in [-0.2, -0.15) is 0 Å². The Balaban J connectivity index is 1.56. The number of amides is 2. The van der Waals surface area contributed by atoms with Crippen LogP contribution in [0.1, 0.15) is 63.2 Å². The van der Waals surface area contributed by atoms with E-state index >= 15 is 0 Å². The van der Waals surface area contributed by atoms with Crippen molar-refractivity contribution < 1.29 is 14.0 Å². The summed E-state index contributed by atoms with van der Waals surface area (Å²) in [5, 5.41) is 4.71. The first kappa shape index (κ1) is 24.0. The normalized spacial score (nSPS) is 18.5. The molecule has 1 aliphatic heterocycles. The van der Waals surface area contributed by atoms with Gasteiger partial charge < -0.3 is 14.6 Å². The third-order valence-corrected chi connectivity index (χ3v) is 7.42. The van der Waals surface area contributed by atoms with Gasteiger partial charge in [0.25, 0.3) is 11.8 Å². The van der Waals surface area contributed by atoms with E-state index in [2.05, 4.69) is 23.8 Å². The number of aryl methyl sites for hydroxylation is 2. The minimum atomic E-state index is -0.164. The zero-order valence-corrected chi connectivity index (χ0v) is 21.0. The van der Waals surface area contributed by atoms with E-state index in [0.717, 1.165) is 39.4 Å². The zero-order valence-electron chi connectivity index (χ0n) is 20.2. The average molecular weight is 478 g/mol. The lowest BCUT2D eigenvalue weighted by Crippen LogP contribution is -2.53. The van der Waals surface area contributed by atoms with E-state index in [1.54, 1.807) is 6.07 Å². The fourth-order valence-electron chi connectivity index (χ4n) is 4.69. The van der Waals surface area contributed by atoms with Crippen molar-refractivity contribution in [3.8, 4) is 0 Å². The minimum absolute atomic E-state index is 0.0941. The van der Waals surface area contributed by atoms with Crippen LogP contribution in [0.4, 0.5) is 0 Å². The number of carbonyl (C=O) groups excluding carboxylic acids is 2. The van der Waals surface area contributed by atoms with Crippen molar-refractivity contribution in [2.45, 2.75) is 46.6 Å². The highest BCUT2D eigenvalue weighted by Crippen LogP contribution is 2.31. The summed E-state index contributed by atoms with van der Waals surface area (Å²) in [7, 11) is 0. The van der Waals surface area contributed by atoms with Crippen molar-refractivity contribution in [3.63, 3.8) is 0 Å². The molecule has 1 N–H and O–H groups in total. The summed E-state index contributed by atoms with van der Waals surface area (Å²) in [5.74, 6) is 0.764. The van der Waals surface area contributed by atoms with E-state index in [4.69, 9.17) is 4.42 Å². The molecule has 6 nitrogen and oxygen atoms in total. The van der Waals surface area contributed by atoms with E-state index in [-0.39, 0.29) is 23.8 Å². The number of likely N-dealkylation sites (tertiary alicyclic amines) is 1. The first-order chi connectivity index (χ1) is 16.3. The Kier molecular flexibility index (Phi) is 7.03. The van der Waals surface area contributed by atoms with Gasteiger partial charge in [0, 0.05) is 18.5 Å². The van der Waals surface area contributed by atoms with Crippen LogP contribution in [-0.2, 0) is 0 Å². The number of furan rings is 1. The average Bonchev–Trinajstić information content (AvgIpc) is 3.39. The predicted molar refractivity (Wildman–Crippen MR) is 137 cm³/mol. The number of carbonyl (C=O) groups is 2. The second-order valence-electron chi connectivity index (χ2n) is 8.91. The second-order valence-corrected chi connectivity index (χ2v) is 10.1. The van der Waals surface area contributed by atoms with Crippen LogP contribution in [0.3, 0.4) is 0 Å². The predicted octanol–water partition coefficient (Wildman–Crippen LogP) is 5.77. The fraction of sp³-hybridized carbons (Fsp3) is 0.370. The Morgan fingerprint density at radius 3 is 2.91 bits per heavy atom. The van der Waals surface area contributed by atoms with Crippen molar-refractivity contribution in [1.29, 1.82) is 0 Å². The lowest BCUT2D eigenvalue weighted by Gasteiger charge is -2.40. The first-order valence-corrected chi connectivity index (χ1v) is 12.5. The standard InChI is InChI=1S/C27H31N3O3S/c1-6-9-17(3)25-24(29-19(5)34-25)27(32)30-13-8-10-16(2)22(30)15-28-26(31)20-11-7-12-23-21(20)14-18(4)33-23/h6-7,9,11-12,14,16,22H,3,8,10,13,15H2,1-2,4-5H3,(H,28,31)/b9-6-/t16-,22-/m1/s1. The zero-order chi connectivity index (χ0) is 24.4. The van der Waals surface area contributed by atoms with Gasteiger partial charge in [-0.3, -0.25) is 9.59 Å². The lowest BCUT2D eigenvalue weighted by molar-refractivity contribution is 0.0502. The van der Waals surface area contributed by atoms with Gasteiger partial charge in [-0.25, -0.2) is 4.98 Å². The molecule has 2 atom stereocenters. The summed E-state index contributed by atoms with van der Waals surface area (Å²) in [6.45, 7) is 13.0. The summed E-state index contributed by atoms with van der Waals surface area (Å²) >= 11 is 1.49. The topological polar surface area (TPSA) is 75.4 Å². The van der Waals surface area contributed by atoms with Crippen LogP contribution in [-0.4, -0.2) is 40.8 Å². The highest BCUT2D eigenvalue weighted by Gasteiger charge is 2.35. The van der Waals surface area contributed by atoms with Gasteiger partial charge in [-0.05, 0) is 63.3 Å². The highest BCUT2D eigenvalue weighted by atomic mass is 32.1. The number of nitrogens with one attached hydrogen (secondary N) is 1. The van der Waals surface area contributed by atoms with E-state index in [0.29, 0.717) is 29.9 Å². The van der Waals surface area contributed by atoms with Gasteiger partial charge in [-0.1, -0.05) is 31.7 Å². The van der Waals surface area contributed by atoms with E-state index in [9.17, 15) is 9.59 Å². The van der Waals surface area contributed by atoms with Crippen LogP contribution in [0.2, 0.25) is 0 Å². The molecule has 178 valence electrons. The molecule has 34 heavy (non-hydrogen) atoms. The van der Waals surface area contributed by atoms with Gasteiger partial charge in [0.1, 0.15) is 17.0 Å². The molecule has 4 rings (SSSR count). The van der Waals surface area contributed by atoms with Gasteiger partial charge in [0.15, 0.2) is 0 Å². The number of allylic oxidation sites excluding steroid dienone is 3. The van der Waals surface area contributed by atoms with E-state index in [1.807, 2.05) is 56.0 Å². The third-order valence-electron chi connectivity index (χ3n) is 6.37. The summed E-state index contributed by atoms with van der Waals surface area (Å²) in [5.41, 5.74) is 2.51. The number of benzene rings is 1. The van der Waals surface area contributed by atoms with Crippen LogP contribution >= 0.6 is 11.3 Å². The molecule has 0 radical (unpaired) electrons. The maximum Gasteiger partial charge on any atom is 0.274 e. The molecule has 2 amide bonds. The molecular weight excluding hydrogens is 446 g/mol. The Morgan fingerprint density at radius 1 is 1.35 bits per heavy atom. The lowest BCUT2D eigenvalue weighted by atomic mass is 9.90. The molecule has 7 heteroatoms. The largest absolute Gasteiger partial charge is 0.461 e. The van der Waals surface area contributed by atoms with Crippen LogP contribution in [0.25, 0.3) is 16.5 Å². The number of fused-ring (bicyclic) bond motifs is 1. The Labute approximate surface area is 204 Å². The number of hydrogen-bond acceptors (Lipinski definition) is 5. The third kappa shape index (κ3) is 4.71. The van der Waals surface area contributed by atoms with Gasteiger partial charge in [-0.15, -0.1) is 11.3 Å². The van der Waals surface area contributed by atoms with Crippen molar-refractivity contribution in [1.82, 2.24) is 15.2 Å². The summed E-state index contributed by atoms with van der Waals surface area (Å²) in [6, 6.07) is 7.26. The summed E-state index contributed by atoms with van der Waals surface area (Å²) in [4.78, 5) is 34.0. The molecule has 3 heterocycles. The van der Waals surface area contributed by atoms with Gasteiger partial charge in [0.05, 0.1) is 21.5 Å². The molecule has 2 aromatic heterocycles. The van der Waals surface area contributed by atoms with Crippen molar-refractivity contribution >= 4 is 39.7 Å². The van der Waals surface area contributed by atoms with Crippen molar-refractivity contribution in [3.05, 3.63) is 69.9 Å². The molecule has 0 saturated carbocycles. The molecule has 0 spiro atoms. The summed E-state index contributed by atoms with van der Waals surface area (Å²) in [6.07, 6.45) is 5.75. The van der Waals surface area contributed by atoms with Gasteiger partial charge in [0.2, 0.25) is 0 Å². The molecule has 1 fully saturated rings. The smallest absolute Gasteiger partial charge is 0.274 e. The quantitative estimate of drug-likeness (QED) is 0.458. The first-order valence-electron chi connectivity index (χ1n) is 11.7. The number of thiazole rings is 1. The number of hydrogen-bond donors (Lipinski definition) is 1. The van der Waals surface area contributed by atoms with Crippen LogP contribution in [0, 0.1) is 19.8 Å². The molecule has 1 aliphatic rings. The molecule has 0 unspecified atom stereocenters. The second kappa shape index (κ2) is 9.97. The Bertz CT molecular complexity index is 1270. The maximum absolute atomic E-state index is 13.7. The molecular formula is C27H31N3O3S. The monoisotopic (exact) mass is 477 g/mol.